The molecule has 0 unspecified atom stereocenters. The molecule has 2 aliphatic heterocycles. The minimum atomic E-state index is -1.64. The Bertz CT molecular complexity index is 1130. The van der Waals surface area contributed by atoms with Crippen molar-refractivity contribution in [1.82, 2.24) is 16.0 Å². The molecule has 272 valence electrons. The largest absolute Gasteiger partial charge is 0.445 e. The Hall–Kier alpha value is -3.05. The van der Waals surface area contributed by atoms with E-state index in [0.29, 0.717) is 5.56 Å². The highest BCUT2D eigenvalue weighted by Gasteiger charge is 2.45. The molecule has 19 nitrogen and oxygen atoms in total. The van der Waals surface area contributed by atoms with Gasteiger partial charge in [0.25, 0.3) is 0 Å². The minimum Gasteiger partial charge on any atom is -0.445 e. The van der Waals surface area contributed by atoms with Gasteiger partial charge in [0, 0.05) is 19.5 Å². The quantitative estimate of drug-likeness (QED) is 0.0681. The highest BCUT2D eigenvalue weighted by atomic mass is 16.7. The third-order valence-electron chi connectivity index (χ3n) is 7.57. The highest BCUT2D eigenvalue weighted by molar-refractivity contribution is 5.86. The zero-order valence-corrected chi connectivity index (χ0v) is 25.9. The van der Waals surface area contributed by atoms with Gasteiger partial charge in [-0.3, -0.25) is 9.59 Å². The predicted octanol–water partition coefficient (Wildman–Crippen LogP) is -5.07. The van der Waals surface area contributed by atoms with Gasteiger partial charge in [0.1, 0.15) is 61.5 Å². The summed E-state index contributed by atoms with van der Waals surface area (Å²) in [4.78, 5) is 38.0. The number of amides is 3. The van der Waals surface area contributed by atoms with E-state index in [2.05, 4.69) is 16.0 Å². The van der Waals surface area contributed by atoms with Crippen molar-refractivity contribution in [2.75, 3.05) is 39.5 Å². The van der Waals surface area contributed by atoms with Crippen LogP contribution in [0.3, 0.4) is 0 Å². The number of rotatable bonds is 17. The van der Waals surface area contributed by atoms with Crippen LogP contribution in [0, 0.1) is 0 Å². The van der Waals surface area contributed by atoms with Gasteiger partial charge >= 0.3 is 6.09 Å². The molecule has 1 aromatic rings. The monoisotopic (exact) mass is 691 g/mol. The molecule has 2 fully saturated rings. The number of nitrogens with one attached hydrogen (secondary N) is 3. The second-order valence-electron chi connectivity index (χ2n) is 11.1. The molecule has 2 saturated heterocycles. The second kappa shape index (κ2) is 19.8. The van der Waals surface area contributed by atoms with Crippen LogP contribution in [0.5, 0.6) is 0 Å². The summed E-state index contributed by atoms with van der Waals surface area (Å²) < 4.78 is 26.3. The van der Waals surface area contributed by atoms with E-state index in [0.717, 1.165) is 0 Å². The molecule has 0 saturated carbocycles. The van der Waals surface area contributed by atoms with Crippen LogP contribution in [0.15, 0.2) is 30.3 Å². The van der Waals surface area contributed by atoms with Crippen LogP contribution in [-0.2, 0) is 39.9 Å². The molecule has 1 aromatic carbocycles. The minimum absolute atomic E-state index is 0.0768. The molecule has 48 heavy (non-hydrogen) atoms. The Balaban J connectivity index is 1.47. The van der Waals surface area contributed by atoms with Crippen molar-refractivity contribution in [3.05, 3.63) is 35.9 Å². The van der Waals surface area contributed by atoms with Gasteiger partial charge in [0.2, 0.25) is 11.8 Å². The highest BCUT2D eigenvalue weighted by Crippen LogP contribution is 2.23. The molecule has 11 N–H and O–H groups in total. The molecule has 0 spiro atoms. The Morgan fingerprint density at radius 1 is 0.729 bits per heavy atom. The third-order valence-corrected chi connectivity index (χ3v) is 7.57. The maximum absolute atomic E-state index is 13.0. The molecule has 0 bridgehead atoms. The number of benzene rings is 1. The molecule has 11 atom stereocenters. The Morgan fingerprint density at radius 3 is 1.77 bits per heavy atom. The van der Waals surface area contributed by atoms with Crippen LogP contribution in [-0.4, -0.2) is 166 Å². The van der Waals surface area contributed by atoms with E-state index in [1.54, 1.807) is 30.3 Å². The Morgan fingerprint density at radius 2 is 1.25 bits per heavy atom. The lowest BCUT2D eigenvalue weighted by molar-refractivity contribution is -0.300. The summed E-state index contributed by atoms with van der Waals surface area (Å²) in [6, 6.07) is 7.53. The van der Waals surface area contributed by atoms with Crippen molar-refractivity contribution in [3.8, 4) is 0 Å². The molecule has 3 rings (SSSR count). The topological polar surface area (TPSA) is 295 Å². The fourth-order valence-electron chi connectivity index (χ4n) is 4.79. The molecular formula is C29H45N3O16. The molecule has 2 heterocycles. The number of aliphatic hydroxyl groups is 8. The zero-order chi connectivity index (χ0) is 35.2. The van der Waals surface area contributed by atoms with Gasteiger partial charge in [-0.2, -0.15) is 0 Å². The standard InChI is InChI=1S/C29H45N3O16/c33-12-17-20(36)22(38)24(40)27(47-17)44-10-8-30-19(35)7-6-16(32-29(43)46-14-15-4-2-1-3-5-15)26(42)31-9-11-45-28-25(41)23(39)21(37)18(13-34)48-28/h1-5,16-18,20-25,27-28,33-34,36-41H,6-14H2,(H,30,35)(H,31,42)(H,32,43)/t16-,17+,18+,20+,21+,22-,23-,24-,25-,27-,28-/m0/s1. The predicted molar refractivity (Wildman–Crippen MR) is 158 cm³/mol. The third kappa shape index (κ3) is 11.5. The van der Waals surface area contributed by atoms with Gasteiger partial charge in [-0.1, -0.05) is 30.3 Å². The van der Waals surface area contributed by atoms with Gasteiger partial charge in [0.15, 0.2) is 12.6 Å². The van der Waals surface area contributed by atoms with Crippen LogP contribution in [0.4, 0.5) is 4.79 Å². The fourth-order valence-corrected chi connectivity index (χ4v) is 4.79. The maximum Gasteiger partial charge on any atom is 0.408 e. The van der Waals surface area contributed by atoms with Crippen LogP contribution in [0.25, 0.3) is 0 Å². The van der Waals surface area contributed by atoms with Crippen molar-refractivity contribution in [3.63, 3.8) is 0 Å². The average molecular weight is 692 g/mol. The van der Waals surface area contributed by atoms with E-state index < -0.39 is 98.6 Å². The summed E-state index contributed by atoms with van der Waals surface area (Å²) >= 11 is 0. The normalized spacial score (nSPS) is 31.0. The van der Waals surface area contributed by atoms with Crippen LogP contribution in [0.1, 0.15) is 18.4 Å². The number of ether oxygens (including phenoxy) is 5. The summed E-state index contributed by atoms with van der Waals surface area (Å²) in [5.41, 5.74) is 0.698. The van der Waals surface area contributed by atoms with Crippen molar-refractivity contribution in [1.29, 1.82) is 0 Å². The van der Waals surface area contributed by atoms with Gasteiger partial charge in [-0.15, -0.1) is 0 Å². The first-order valence-corrected chi connectivity index (χ1v) is 15.3. The number of alkyl carbamates (subject to hydrolysis) is 1. The van der Waals surface area contributed by atoms with Crippen molar-refractivity contribution >= 4 is 17.9 Å². The van der Waals surface area contributed by atoms with Crippen molar-refractivity contribution in [2.45, 2.75) is 86.9 Å². The smallest absolute Gasteiger partial charge is 0.408 e. The second-order valence-corrected chi connectivity index (χ2v) is 11.1. The average Bonchev–Trinajstić information content (AvgIpc) is 3.09. The fraction of sp³-hybridized carbons (Fsp3) is 0.690. The summed E-state index contributed by atoms with van der Waals surface area (Å²) in [7, 11) is 0. The maximum atomic E-state index is 13.0. The Kier molecular flexibility index (Phi) is 16.3. The van der Waals surface area contributed by atoms with Crippen LogP contribution >= 0.6 is 0 Å². The van der Waals surface area contributed by atoms with E-state index in [1.807, 2.05) is 0 Å². The lowest BCUT2D eigenvalue weighted by Crippen LogP contribution is -2.59. The lowest BCUT2D eigenvalue weighted by atomic mass is 9.99. The first-order chi connectivity index (χ1) is 23.0. The molecule has 0 aromatic heterocycles. The first-order valence-electron chi connectivity index (χ1n) is 15.3. The molecular weight excluding hydrogens is 646 g/mol. The number of carbonyl (C=O) groups excluding carboxylic acids is 3. The first kappa shape index (κ1) is 39.4. The number of hydrogen-bond donors (Lipinski definition) is 11. The zero-order valence-electron chi connectivity index (χ0n) is 25.9. The van der Waals surface area contributed by atoms with Crippen molar-refractivity contribution in [2.24, 2.45) is 0 Å². The molecule has 19 heteroatoms. The van der Waals surface area contributed by atoms with E-state index in [9.17, 15) is 55.2 Å². The molecule has 0 aliphatic carbocycles. The summed E-state index contributed by atoms with van der Waals surface area (Å²) in [5, 5.41) is 85.6. The van der Waals surface area contributed by atoms with Crippen LogP contribution in [0.2, 0.25) is 0 Å². The molecule has 3 amide bonds. The number of aliphatic hydroxyl groups excluding tert-OH is 8. The van der Waals surface area contributed by atoms with E-state index in [1.165, 1.54) is 0 Å². The van der Waals surface area contributed by atoms with Gasteiger partial charge < -0.3 is 80.5 Å². The van der Waals surface area contributed by atoms with E-state index >= 15 is 0 Å². The Labute approximate surface area is 275 Å². The van der Waals surface area contributed by atoms with Gasteiger partial charge in [-0.05, 0) is 12.0 Å². The van der Waals surface area contributed by atoms with Crippen LogP contribution < -0.4 is 16.0 Å². The van der Waals surface area contributed by atoms with Crippen molar-refractivity contribution < 1.29 is 78.9 Å². The summed E-state index contributed by atoms with van der Waals surface area (Å²) in [6.45, 7) is -2.02. The molecule has 0 radical (unpaired) electrons. The van der Waals surface area contributed by atoms with Gasteiger partial charge in [-0.25, -0.2) is 4.79 Å². The lowest BCUT2D eigenvalue weighted by Gasteiger charge is -2.39. The SMILES string of the molecule is O=C(CC[C@H](NC(=O)OCc1ccccc1)C(=O)NCCO[C@H]1O[C@H](CO)[C@@H](O)[C@H](O)[C@@H]1O)NCCO[C@H]1O[C@H](CO)[C@@H](O)[C@H](O)[C@@H]1O. The van der Waals surface area contributed by atoms with E-state index in [4.69, 9.17) is 23.7 Å². The summed E-state index contributed by atoms with van der Waals surface area (Å²) in [6.07, 6.45) is -16.1. The number of hydrogen-bond acceptors (Lipinski definition) is 16. The molecule has 2 aliphatic rings. The van der Waals surface area contributed by atoms with Gasteiger partial charge in [0.05, 0.1) is 26.4 Å². The summed E-state index contributed by atoms with van der Waals surface area (Å²) in [5.74, 6) is -1.24. The van der Waals surface area contributed by atoms with E-state index in [-0.39, 0.29) is 45.8 Å². The number of carbonyl (C=O) groups is 3.